The number of benzene rings is 2. The number of amides is 2. The normalized spacial score (nSPS) is 10.7. The van der Waals surface area contributed by atoms with Crippen LogP contribution in [0, 0.1) is 20.8 Å². The number of aryl methyl sites for hydroxylation is 2. The van der Waals surface area contributed by atoms with E-state index in [1.54, 1.807) is 36.4 Å². The van der Waals surface area contributed by atoms with Crippen LogP contribution in [0.3, 0.4) is 0 Å². The third-order valence-electron chi connectivity index (χ3n) is 5.18. The van der Waals surface area contributed by atoms with Gasteiger partial charge in [0.05, 0.1) is 11.8 Å². The van der Waals surface area contributed by atoms with E-state index in [4.69, 9.17) is 4.42 Å². The molecule has 2 amide bonds. The van der Waals surface area contributed by atoms with E-state index >= 15 is 0 Å². The summed E-state index contributed by atoms with van der Waals surface area (Å²) in [7, 11) is 0. The molecule has 0 spiro atoms. The van der Waals surface area contributed by atoms with E-state index in [-0.39, 0.29) is 17.6 Å². The van der Waals surface area contributed by atoms with Crippen LogP contribution < -0.4 is 10.6 Å². The highest BCUT2D eigenvalue weighted by atomic mass is 16.3. The minimum absolute atomic E-state index is 0.180. The molecule has 6 nitrogen and oxygen atoms in total. The molecule has 0 fully saturated rings. The summed E-state index contributed by atoms with van der Waals surface area (Å²) in [5.41, 5.74) is 5.95. The van der Waals surface area contributed by atoms with E-state index in [1.165, 1.54) is 6.26 Å². The highest BCUT2D eigenvalue weighted by molar-refractivity contribution is 6.06. The zero-order valence-corrected chi connectivity index (χ0v) is 17.6. The number of carbonyl (C=O) groups is 2. The van der Waals surface area contributed by atoms with Crippen LogP contribution in [0.25, 0.3) is 5.69 Å². The van der Waals surface area contributed by atoms with Gasteiger partial charge in [0.25, 0.3) is 11.8 Å². The number of nitrogens with zero attached hydrogens (tertiary/aromatic N) is 1. The van der Waals surface area contributed by atoms with Gasteiger partial charge in [-0.3, -0.25) is 9.59 Å². The SMILES string of the molecule is Cc1ccccc1-n1c(C)cc(C(=O)Nc2ccc(NC(=O)c3ccco3)cc2)c1C. The van der Waals surface area contributed by atoms with Crippen molar-refractivity contribution in [1.29, 1.82) is 0 Å². The van der Waals surface area contributed by atoms with Gasteiger partial charge in [-0.15, -0.1) is 0 Å². The summed E-state index contributed by atoms with van der Waals surface area (Å²) >= 11 is 0. The molecule has 0 atom stereocenters. The van der Waals surface area contributed by atoms with E-state index in [1.807, 2.05) is 38.1 Å². The fraction of sp³-hybridized carbons (Fsp3) is 0.120. The van der Waals surface area contributed by atoms with Gasteiger partial charge in [0, 0.05) is 28.5 Å². The first-order valence-electron chi connectivity index (χ1n) is 9.95. The van der Waals surface area contributed by atoms with Crippen LogP contribution in [-0.4, -0.2) is 16.4 Å². The van der Waals surface area contributed by atoms with E-state index in [9.17, 15) is 9.59 Å². The van der Waals surface area contributed by atoms with Crippen LogP contribution in [0.2, 0.25) is 0 Å². The average Bonchev–Trinajstić information content (AvgIpc) is 3.39. The van der Waals surface area contributed by atoms with Crippen molar-refractivity contribution >= 4 is 23.2 Å². The minimum atomic E-state index is -0.328. The Morgan fingerprint density at radius 3 is 2.06 bits per heavy atom. The molecule has 6 heteroatoms. The average molecular weight is 413 g/mol. The molecular weight excluding hydrogens is 390 g/mol. The first kappa shape index (κ1) is 20.2. The molecule has 4 aromatic rings. The van der Waals surface area contributed by atoms with Gasteiger partial charge in [0.2, 0.25) is 0 Å². The monoisotopic (exact) mass is 413 g/mol. The zero-order valence-electron chi connectivity index (χ0n) is 17.6. The van der Waals surface area contributed by atoms with Crippen molar-refractivity contribution in [1.82, 2.24) is 4.57 Å². The van der Waals surface area contributed by atoms with Crippen molar-refractivity contribution in [3.63, 3.8) is 0 Å². The Labute approximate surface area is 180 Å². The third-order valence-corrected chi connectivity index (χ3v) is 5.18. The van der Waals surface area contributed by atoms with Gasteiger partial charge in [-0.2, -0.15) is 0 Å². The van der Waals surface area contributed by atoms with Gasteiger partial charge in [-0.05, 0) is 74.9 Å². The van der Waals surface area contributed by atoms with Crippen molar-refractivity contribution in [3.8, 4) is 5.69 Å². The maximum atomic E-state index is 12.9. The molecule has 4 rings (SSSR count). The molecule has 2 aromatic heterocycles. The van der Waals surface area contributed by atoms with Crippen molar-refractivity contribution in [2.75, 3.05) is 10.6 Å². The second-order valence-corrected chi connectivity index (χ2v) is 7.37. The molecular formula is C25H23N3O3. The maximum Gasteiger partial charge on any atom is 0.291 e. The molecule has 0 unspecified atom stereocenters. The van der Waals surface area contributed by atoms with Crippen molar-refractivity contribution in [3.05, 3.63) is 101 Å². The van der Waals surface area contributed by atoms with Crippen LogP contribution in [-0.2, 0) is 0 Å². The largest absolute Gasteiger partial charge is 0.459 e. The first-order valence-corrected chi connectivity index (χ1v) is 9.95. The number of para-hydroxylation sites is 1. The fourth-order valence-corrected chi connectivity index (χ4v) is 3.61. The fourth-order valence-electron chi connectivity index (χ4n) is 3.61. The molecule has 0 saturated heterocycles. The standard InChI is InChI=1S/C25H23N3O3/c1-16-7-4-5-8-22(16)28-17(2)15-21(18(28)3)24(29)26-19-10-12-20(13-11-19)27-25(30)23-9-6-14-31-23/h4-15H,1-3H3,(H,26,29)(H,27,30). The lowest BCUT2D eigenvalue weighted by molar-refractivity contribution is 0.0994. The predicted molar refractivity (Wildman–Crippen MR) is 121 cm³/mol. The topological polar surface area (TPSA) is 76.3 Å². The molecule has 0 aliphatic heterocycles. The van der Waals surface area contributed by atoms with Crippen LogP contribution in [0.4, 0.5) is 11.4 Å². The number of rotatable bonds is 5. The Hall–Kier alpha value is -4.06. The van der Waals surface area contributed by atoms with E-state index < -0.39 is 0 Å². The van der Waals surface area contributed by atoms with E-state index in [0.717, 1.165) is 22.6 Å². The summed E-state index contributed by atoms with van der Waals surface area (Å²) < 4.78 is 7.18. The molecule has 0 bridgehead atoms. The van der Waals surface area contributed by atoms with Crippen molar-refractivity contribution in [2.24, 2.45) is 0 Å². The van der Waals surface area contributed by atoms with Crippen molar-refractivity contribution in [2.45, 2.75) is 20.8 Å². The maximum absolute atomic E-state index is 12.9. The minimum Gasteiger partial charge on any atom is -0.459 e. The molecule has 0 aliphatic carbocycles. The Balaban J connectivity index is 1.49. The quantitative estimate of drug-likeness (QED) is 0.454. The third kappa shape index (κ3) is 4.14. The Bertz CT molecular complexity index is 1240. The van der Waals surface area contributed by atoms with E-state index in [2.05, 4.69) is 28.2 Å². The number of nitrogens with one attached hydrogen (secondary N) is 2. The van der Waals surface area contributed by atoms with Crippen LogP contribution >= 0.6 is 0 Å². The van der Waals surface area contributed by atoms with Gasteiger partial charge in [0.15, 0.2) is 5.76 Å². The number of hydrogen-bond donors (Lipinski definition) is 2. The van der Waals surface area contributed by atoms with Gasteiger partial charge in [-0.1, -0.05) is 18.2 Å². The number of aromatic nitrogens is 1. The number of hydrogen-bond acceptors (Lipinski definition) is 3. The van der Waals surface area contributed by atoms with Crippen molar-refractivity contribution < 1.29 is 14.0 Å². The summed E-state index contributed by atoms with van der Waals surface area (Å²) in [5.74, 6) is -0.271. The Morgan fingerprint density at radius 1 is 0.806 bits per heavy atom. The molecule has 31 heavy (non-hydrogen) atoms. The van der Waals surface area contributed by atoms with Crippen LogP contribution in [0.1, 0.15) is 37.9 Å². The van der Waals surface area contributed by atoms with Gasteiger partial charge < -0.3 is 19.6 Å². The smallest absolute Gasteiger partial charge is 0.291 e. The number of carbonyl (C=O) groups excluding carboxylic acids is 2. The van der Waals surface area contributed by atoms with Crippen LogP contribution in [0.15, 0.2) is 77.4 Å². The lowest BCUT2D eigenvalue weighted by atomic mass is 10.2. The van der Waals surface area contributed by atoms with Gasteiger partial charge >= 0.3 is 0 Å². The van der Waals surface area contributed by atoms with Crippen LogP contribution in [0.5, 0.6) is 0 Å². The lowest BCUT2D eigenvalue weighted by Gasteiger charge is -2.13. The summed E-state index contributed by atoms with van der Waals surface area (Å²) in [6.45, 7) is 5.99. The summed E-state index contributed by atoms with van der Waals surface area (Å²) in [6, 6.07) is 20.2. The highest BCUT2D eigenvalue weighted by Crippen LogP contribution is 2.24. The highest BCUT2D eigenvalue weighted by Gasteiger charge is 2.18. The molecule has 2 heterocycles. The van der Waals surface area contributed by atoms with Gasteiger partial charge in [0.1, 0.15) is 0 Å². The number of furan rings is 1. The molecule has 0 aliphatic rings. The number of anilines is 2. The summed E-state index contributed by atoms with van der Waals surface area (Å²) in [6.07, 6.45) is 1.45. The lowest BCUT2D eigenvalue weighted by Crippen LogP contribution is -2.14. The van der Waals surface area contributed by atoms with E-state index in [0.29, 0.717) is 16.9 Å². The Morgan fingerprint density at radius 2 is 1.45 bits per heavy atom. The summed E-state index contributed by atoms with van der Waals surface area (Å²) in [4.78, 5) is 25.0. The molecule has 0 saturated carbocycles. The Kier molecular flexibility index (Phi) is 5.45. The first-order chi connectivity index (χ1) is 14.9. The predicted octanol–water partition coefficient (Wildman–Crippen LogP) is 5.50. The second-order valence-electron chi connectivity index (χ2n) is 7.37. The molecule has 156 valence electrons. The summed E-state index contributed by atoms with van der Waals surface area (Å²) in [5, 5.41) is 5.68. The van der Waals surface area contributed by atoms with Gasteiger partial charge in [-0.25, -0.2) is 0 Å². The molecule has 2 aromatic carbocycles. The zero-order chi connectivity index (χ0) is 22.0. The molecule has 2 N–H and O–H groups in total. The second kappa shape index (κ2) is 8.36. The molecule has 0 radical (unpaired) electrons.